The van der Waals surface area contributed by atoms with Gasteiger partial charge >= 0.3 is 5.97 Å². The Morgan fingerprint density at radius 3 is 2.95 bits per heavy atom. The number of piperidine rings is 1. The van der Waals surface area contributed by atoms with Gasteiger partial charge in [-0.05, 0) is 31.9 Å². The molecule has 4 nitrogen and oxygen atoms in total. The van der Waals surface area contributed by atoms with E-state index in [9.17, 15) is 9.90 Å². The number of aromatic carboxylic acids is 1. The van der Waals surface area contributed by atoms with Crippen LogP contribution in [0.2, 0.25) is 0 Å². The second-order valence-corrected chi connectivity index (χ2v) is 5.73. The molecule has 21 heavy (non-hydrogen) atoms. The summed E-state index contributed by atoms with van der Waals surface area (Å²) in [5.74, 6) is -0.316. The highest BCUT2D eigenvalue weighted by Gasteiger charge is 2.26. The molecule has 2 aromatic rings. The van der Waals surface area contributed by atoms with Crippen LogP contribution in [0.4, 0.5) is 0 Å². The van der Waals surface area contributed by atoms with Gasteiger partial charge in [0.15, 0.2) is 0 Å². The van der Waals surface area contributed by atoms with Gasteiger partial charge in [0.05, 0.1) is 6.54 Å². The number of likely N-dealkylation sites (tertiary alicyclic amines) is 1. The van der Waals surface area contributed by atoms with Gasteiger partial charge in [0.2, 0.25) is 0 Å². The molecule has 1 N–H and O–H groups in total. The van der Waals surface area contributed by atoms with Crippen LogP contribution in [0.15, 0.2) is 28.7 Å². The fourth-order valence-electron chi connectivity index (χ4n) is 3.36. The summed E-state index contributed by atoms with van der Waals surface area (Å²) in [6, 6.07) is 7.91. The number of carboxylic acids is 1. The van der Waals surface area contributed by atoms with E-state index in [4.69, 9.17) is 4.42 Å². The highest BCUT2D eigenvalue weighted by atomic mass is 16.4. The van der Waals surface area contributed by atoms with Crippen molar-refractivity contribution in [3.05, 3.63) is 35.6 Å². The topological polar surface area (TPSA) is 53.7 Å². The summed E-state index contributed by atoms with van der Waals surface area (Å²) >= 11 is 0. The molecule has 0 spiro atoms. The molecule has 1 unspecified atom stereocenters. The third-order valence-corrected chi connectivity index (χ3v) is 4.45. The second-order valence-electron chi connectivity index (χ2n) is 5.73. The first-order valence-electron chi connectivity index (χ1n) is 7.68. The van der Waals surface area contributed by atoms with Gasteiger partial charge in [0.1, 0.15) is 16.9 Å². The van der Waals surface area contributed by atoms with Crippen LogP contribution in [0.3, 0.4) is 0 Å². The third kappa shape index (κ3) is 2.68. The first kappa shape index (κ1) is 14.1. The molecular weight excluding hydrogens is 266 g/mol. The van der Waals surface area contributed by atoms with Crippen LogP contribution in [0, 0.1) is 0 Å². The summed E-state index contributed by atoms with van der Waals surface area (Å²) in [4.78, 5) is 14.0. The molecule has 1 aliphatic rings. The molecule has 1 fully saturated rings. The van der Waals surface area contributed by atoms with E-state index < -0.39 is 5.97 Å². The Labute approximate surface area is 124 Å². The Balaban J connectivity index is 1.96. The van der Waals surface area contributed by atoms with E-state index in [1.165, 1.54) is 19.3 Å². The van der Waals surface area contributed by atoms with Gasteiger partial charge in [0, 0.05) is 11.4 Å². The Hall–Kier alpha value is -1.81. The Kier molecular flexibility index (Phi) is 3.97. The maximum Gasteiger partial charge on any atom is 0.339 e. The fourth-order valence-corrected chi connectivity index (χ4v) is 3.36. The normalized spacial score (nSPS) is 20.0. The number of rotatable bonds is 4. The maximum absolute atomic E-state index is 11.6. The van der Waals surface area contributed by atoms with Gasteiger partial charge in [-0.25, -0.2) is 4.79 Å². The van der Waals surface area contributed by atoms with Crippen LogP contribution < -0.4 is 0 Å². The van der Waals surface area contributed by atoms with E-state index in [0.29, 0.717) is 34.9 Å². The summed E-state index contributed by atoms with van der Waals surface area (Å²) in [5, 5.41) is 10.2. The molecule has 0 bridgehead atoms. The lowest BCUT2D eigenvalue weighted by Crippen LogP contribution is -2.38. The number of benzene rings is 1. The number of furan rings is 1. The van der Waals surface area contributed by atoms with Crippen LogP contribution in [0.1, 0.15) is 48.7 Å². The maximum atomic E-state index is 11.6. The number of carboxylic acid groups (broad SMARTS) is 1. The van der Waals surface area contributed by atoms with Crippen molar-refractivity contribution in [1.82, 2.24) is 4.90 Å². The van der Waals surface area contributed by atoms with Crippen molar-refractivity contribution in [2.45, 2.75) is 45.2 Å². The van der Waals surface area contributed by atoms with Crippen LogP contribution in [-0.4, -0.2) is 28.6 Å². The minimum Gasteiger partial charge on any atom is -0.478 e. The van der Waals surface area contributed by atoms with Gasteiger partial charge in [-0.2, -0.15) is 0 Å². The van der Waals surface area contributed by atoms with Gasteiger partial charge in [-0.1, -0.05) is 31.5 Å². The highest BCUT2D eigenvalue weighted by molar-refractivity contribution is 6.03. The molecule has 1 aromatic heterocycles. The first-order valence-corrected chi connectivity index (χ1v) is 7.68. The molecule has 0 aliphatic carbocycles. The Bertz CT molecular complexity index is 647. The number of fused-ring (bicyclic) bond motifs is 1. The third-order valence-electron chi connectivity index (χ3n) is 4.45. The zero-order chi connectivity index (χ0) is 14.8. The summed E-state index contributed by atoms with van der Waals surface area (Å²) in [6.07, 6.45) is 4.74. The summed E-state index contributed by atoms with van der Waals surface area (Å²) in [7, 11) is 0. The highest BCUT2D eigenvalue weighted by Crippen LogP contribution is 2.29. The van der Waals surface area contributed by atoms with Gasteiger partial charge in [-0.15, -0.1) is 0 Å². The van der Waals surface area contributed by atoms with Crippen molar-refractivity contribution in [1.29, 1.82) is 0 Å². The number of para-hydroxylation sites is 1. The van der Waals surface area contributed by atoms with Crippen LogP contribution >= 0.6 is 0 Å². The lowest BCUT2D eigenvalue weighted by atomic mass is 9.99. The largest absolute Gasteiger partial charge is 0.478 e. The average Bonchev–Trinajstić information content (AvgIpc) is 2.85. The van der Waals surface area contributed by atoms with Crippen LogP contribution in [0.25, 0.3) is 11.0 Å². The lowest BCUT2D eigenvalue weighted by Gasteiger charge is -2.34. The minimum absolute atomic E-state index is 0.325. The molecule has 0 amide bonds. The van der Waals surface area contributed by atoms with Crippen molar-refractivity contribution in [2.24, 2.45) is 0 Å². The van der Waals surface area contributed by atoms with E-state index in [1.807, 2.05) is 24.3 Å². The summed E-state index contributed by atoms with van der Waals surface area (Å²) < 4.78 is 5.83. The summed E-state index contributed by atoms with van der Waals surface area (Å²) in [5.41, 5.74) is 0.987. The van der Waals surface area contributed by atoms with E-state index in [1.54, 1.807) is 0 Å². The van der Waals surface area contributed by atoms with Gasteiger partial charge in [-0.3, -0.25) is 4.90 Å². The molecule has 3 rings (SSSR count). The molecule has 1 aliphatic heterocycles. The van der Waals surface area contributed by atoms with Crippen molar-refractivity contribution in [3.63, 3.8) is 0 Å². The van der Waals surface area contributed by atoms with E-state index in [0.717, 1.165) is 13.0 Å². The minimum atomic E-state index is -0.903. The predicted octanol–water partition coefficient (Wildman–Crippen LogP) is 3.90. The van der Waals surface area contributed by atoms with Crippen molar-refractivity contribution in [3.8, 4) is 0 Å². The predicted molar refractivity (Wildman–Crippen MR) is 81.5 cm³/mol. The zero-order valence-electron chi connectivity index (χ0n) is 12.3. The smallest absolute Gasteiger partial charge is 0.339 e. The van der Waals surface area contributed by atoms with Crippen LogP contribution in [-0.2, 0) is 6.54 Å². The van der Waals surface area contributed by atoms with Gasteiger partial charge in [0.25, 0.3) is 0 Å². The molecule has 0 radical (unpaired) electrons. The molecule has 1 aromatic carbocycles. The fraction of sp³-hybridized carbons (Fsp3) is 0.471. The van der Waals surface area contributed by atoms with Crippen LogP contribution in [0.5, 0.6) is 0 Å². The van der Waals surface area contributed by atoms with Crippen molar-refractivity contribution >= 4 is 16.9 Å². The van der Waals surface area contributed by atoms with Gasteiger partial charge < -0.3 is 9.52 Å². The molecular formula is C17H21NO3. The van der Waals surface area contributed by atoms with E-state index in [2.05, 4.69) is 11.8 Å². The molecule has 1 atom stereocenters. The number of carbonyl (C=O) groups is 1. The quantitative estimate of drug-likeness (QED) is 0.926. The molecule has 4 heteroatoms. The van der Waals surface area contributed by atoms with Crippen molar-refractivity contribution in [2.75, 3.05) is 6.54 Å². The molecule has 1 saturated heterocycles. The number of nitrogens with zero attached hydrogens (tertiary/aromatic N) is 1. The number of hydrogen-bond acceptors (Lipinski definition) is 3. The molecule has 2 heterocycles. The standard InChI is InChI=1S/C17H21NO3/c1-2-12-7-5-6-10-18(12)11-15-16(17(19)20)13-8-3-4-9-14(13)21-15/h3-4,8-9,12H,2,5-7,10-11H2,1H3,(H,19,20). The molecule has 112 valence electrons. The molecule has 0 saturated carbocycles. The monoisotopic (exact) mass is 287 g/mol. The zero-order valence-corrected chi connectivity index (χ0v) is 12.3. The Morgan fingerprint density at radius 1 is 1.38 bits per heavy atom. The summed E-state index contributed by atoms with van der Waals surface area (Å²) in [6.45, 7) is 3.81. The first-order chi connectivity index (χ1) is 10.2. The second kappa shape index (κ2) is 5.90. The van der Waals surface area contributed by atoms with E-state index in [-0.39, 0.29) is 0 Å². The lowest BCUT2D eigenvalue weighted by molar-refractivity contribution is 0.0690. The SMILES string of the molecule is CCC1CCCCN1Cc1oc2ccccc2c1C(=O)O. The van der Waals surface area contributed by atoms with Crippen molar-refractivity contribution < 1.29 is 14.3 Å². The van der Waals surface area contributed by atoms with E-state index >= 15 is 0 Å². The number of hydrogen-bond donors (Lipinski definition) is 1. The average molecular weight is 287 g/mol. The Morgan fingerprint density at radius 2 is 2.19 bits per heavy atom.